The van der Waals surface area contributed by atoms with Gasteiger partial charge in [0, 0.05) is 12.2 Å². The van der Waals surface area contributed by atoms with Crippen LogP contribution < -0.4 is 5.32 Å². The maximum absolute atomic E-state index is 14.4. The number of pyridine rings is 1. The Labute approximate surface area is 132 Å². The van der Waals surface area contributed by atoms with Gasteiger partial charge in [-0.05, 0) is 31.2 Å². The summed E-state index contributed by atoms with van der Waals surface area (Å²) >= 11 is 1.56. The van der Waals surface area contributed by atoms with E-state index in [1.54, 1.807) is 17.8 Å². The largest absolute Gasteiger partial charge is 0.377 e. The highest BCUT2D eigenvalue weighted by Crippen LogP contribution is 2.33. The molecule has 7 heteroatoms. The smallest absolute Gasteiger partial charge is 0.224 e. The molecule has 0 unspecified atom stereocenters. The van der Waals surface area contributed by atoms with Gasteiger partial charge in [-0.3, -0.25) is 4.68 Å². The lowest BCUT2D eigenvalue weighted by molar-refractivity contribution is -0.0286. The van der Waals surface area contributed by atoms with Crippen LogP contribution in [0.25, 0.3) is 11.3 Å². The summed E-state index contributed by atoms with van der Waals surface area (Å²) in [5.74, 6) is 0.123. The number of anilines is 1. The standard InChI is InChI=1S/C15H17FN4OS/c1-22-12-6-20(10-7-21-8-10)19-14(12)11-4-5-13(18-15(11)16)17-9-2-3-9/h4-6,9-10H,2-3,7-8H2,1H3,(H,17,18). The third-order valence-electron chi connectivity index (χ3n) is 3.95. The molecule has 2 fully saturated rings. The molecule has 1 N–H and O–H groups in total. The first kappa shape index (κ1) is 14.0. The summed E-state index contributed by atoms with van der Waals surface area (Å²) in [6.45, 7) is 1.33. The van der Waals surface area contributed by atoms with Crippen molar-refractivity contribution in [3.05, 3.63) is 24.3 Å². The second-order valence-corrected chi connectivity index (χ2v) is 6.52. The van der Waals surface area contributed by atoms with Crippen molar-refractivity contribution in [2.45, 2.75) is 29.8 Å². The SMILES string of the molecule is CSc1cn(C2COC2)nc1-c1ccc(NC2CC2)nc1F. The molecule has 2 aliphatic rings. The van der Waals surface area contributed by atoms with E-state index in [4.69, 9.17) is 4.74 Å². The molecular formula is C15H17FN4OS. The Hall–Kier alpha value is -1.60. The molecule has 1 saturated heterocycles. The van der Waals surface area contributed by atoms with Crippen LogP contribution in [0.5, 0.6) is 0 Å². The first-order valence-electron chi connectivity index (χ1n) is 7.39. The van der Waals surface area contributed by atoms with E-state index in [0.717, 1.165) is 17.7 Å². The number of halogens is 1. The lowest BCUT2D eigenvalue weighted by Gasteiger charge is -2.25. The summed E-state index contributed by atoms with van der Waals surface area (Å²) in [6.07, 6.45) is 6.20. The normalized spacial score (nSPS) is 18.3. The van der Waals surface area contributed by atoms with Crippen LogP contribution in [0.3, 0.4) is 0 Å². The Bertz CT molecular complexity index is 697. The third-order valence-corrected chi connectivity index (χ3v) is 4.68. The predicted octanol–water partition coefficient (Wildman–Crippen LogP) is 2.95. The first-order chi connectivity index (χ1) is 10.7. The van der Waals surface area contributed by atoms with Crippen LogP contribution in [-0.2, 0) is 4.74 Å². The molecule has 1 saturated carbocycles. The van der Waals surface area contributed by atoms with Crippen LogP contribution in [0.2, 0.25) is 0 Å². The van der Waals surface area contributed by atoms with Crippen LogP contribution in [0.1, 0.15) is 18.9 Å². The number of ether oxygens (including phenoxy) is 1. The van der Waals surface area contributed by atoms with Gasteiger partial charge in [-0.1, -0.05) is 0 Å². The molecule has 0 aromatic carbocycles. The van der Waals surface area contributed by atoms with E-state index >= 15 is 0 Å². The van der Waals surface area contributed by atoms with Gasteiger partial charge in [0.15, 0.2) is 0 Å². The van der Waals surface area contributed by atoms with Crippen molar-refractivity contribution in [2.24, 2.45) is 0 Å². The fourth-order valence-electron chi connectivity index (χ4n) is 2.40. The van der Waals surface area contributed by atoms with E-state index in [1.165, 1.54) is 0 Å². The van der Waals surface area contributed by atoms with E-state index in [0.29, 0.717) is 36.3 Å². The van der Waals surface area contributed by atoms with E-state index in [-0.39, 0.29) is 6.04 Å². The van der Waals surface area contributed by atoms with Gasteiger partial charge >= 0.3 is 0 Å². The minimum atomic E-state index is -0.476. The number of thioether (sulfide) groups is 1. The van der Waals surface area contributed by atoms with Gasteiger partial charge in [-0.15, -0.1) is 11.8 Å². The summed E-state index contributed by atoms with van der Waals surface area (Å²) in [7, 11) is 0. The van der Waals surface area contributed by atoms with Crippen molar-refractivity contribution in [3.63, 3.8) is 0 Å². The monoisotopic (exact) mass is 320 g/mol. The molecule has 0 atom stereocenters. The lowest BCUT2D eigenvalue weighted by Crippen LogP contribution is -2.30. The Morgan fingerprint density at radius 1 is 1.36 bits per heavy atom. The van der Waals surface area contributed by atoms with Crippen molar-refractivity contribution in [1.29, 1.82) is 0 Å². The molecular weight excluding hydrogens is 303 g/mol. The highest BCUT2D eigenvalue weighted by Gasteiger charge is 2.25. The average Bonchev–Trinajstić information content (AvgIpc) is 3.16. The fraction of sp³-hybridized carbons (Fsp3) is 0.467. The molecule has 2 aromatic heterocycles. The number of rotatable bonds is 5. The zero-order valence-corrected chi connectivity index (χ0v) is 13.1. The minimum absolute atomic E-state index is 0.256. The Kier molecular flexibility index (Phi) is 3.54. The number of hydrogen-bond acceptors (Lipinski definition) is 5. The van der Waals surface area contributed by atoms with Gasteiger partial charge in [-0.2, -0.15) is 9.49 Å². The minimum Gasteiger partial charge on any atom is -0.377 e. The van der Waals surface area contributed by atoms with Crippen LogP contribution in [0.4, 0.5) is 10.2 Å². The van der Waals surface area contributed by atoms with E-state index in [1.807, 2.05) is 23.2 Å². The molecule has 0 bridgehead atoms. The van der Waals surface area contributed by atoms with Crippen molar-refractivity contribution in [2.75, 3.05) is 24.8 Å². The second-order valence-electron chi connectivity index (χ2n) is 5.67. The van der Waals surface area contributed by atoms with Crippen molar-refractivity contribution in [1.82, 2.24) is 14.8 Å². The van der Waals surface area contributed by atoms with Crippen molar-refractivity contribution >= 4 is 17.6 Å². The predicted molar refractivity (Wildman–Crippen MR) is 83.7 cm³/mol. The van der Waals surface area contributed by atoms with E-state index in [9.17, 15) is 4.39 Å². The number of nitrogens with zero attached hydrogens (tertiary/aromatic N) is 3. The maximum atomic E-state index is 14.4. The molecule has 3 heterocycles. The van der Waals surface area contributed by atoms with Gasteiger partial charge in [0.2, 0.25) is 5.95 Å². The zero-order valence-electron chi connectivity index (χ0n) is 12.3. The van der Waals surface area contributed by atoms with Gasteiger partial charge in [0.1, 0.15) is 11.5 Å². The molecule has 2 aromatic rings. The van der Waals surface area contributed by atoms with Crippen LogP contribution in [0.15, 0.2) is 23.2 Å². The zero-order chi connectivity index (χ0) is 15.1. The maximum Gasteiger partial charge on any atom is 0.224 e. The molecule has 1 aliphatic carbocycles. The molecule has 0 radical (unpaired) electrons. The Morgan fingerprint density at radius 3 is 2.77 bits per heavy atom. The summed E-state index contributed by atoms with van der Waals surface area (Å²) in [4.78, 5) is 4.99. The molecule has 1 aliphatic heterocycles. The second kappa shape index (κ2) is 5.55. The third kappa shape index (κ3) is 2.59. The fourth-order valence-corrected chi connectivity index (χ4v) is 2.96. The van der Waals surface area contributed by atoms with Gasteiger partial charge in [0.05, 0.1) is 29.7 Å². The Balaban J connectivity index is 1.66. The van der Waals surface area contributed by atoms with Gasteiger partial charge in [0.25, 0.3) is 0 Å². The number of aromatic nitrogens is 3. The molecule has 5 nitrogen and oxygen atoms in total. The summed E-state index contributed by atoms with van der Waals surface area (Å²) in [6, 6.07) is 4.30. The molecule has 0 spiro atoms. The van der Waals surface area contributed by atoms with Crippen molar-refractivity contribution in [3.8, 4) is 11.3 Å². The van der Waals surface area contributed by atoms with E-state index in [2.05, 4.69) is 15.4 Å². The molecule has 4 rings (SSSR count). The highest BCUT2D eigenvalue weighted by molar-refractivity contribution is 7.98. The van der Waals surface area contributed by atoms with Gasteiger partial charge in [-0.25, -0.2) is 4.98 Å². The highest BCUT2D eigenvalue weighted by atomic mass is 32.2. The number of nitrogens with one attached hydrogen (secondary N) is 1. The lowest BCUT2D eigenvalue weighted by atomic mass is 10.2. The van der Waals surface area contributed by atoms with Crippen LogP contribution in [0, 0.1) is 5.95 Å². The van der Waals surface area contributed by atoms with E-state index < -0.39 is 5.95 Å². The van der Waals surface area contributed by atoms with Crippen molar-refractivity contribution < 1.29 is 9.13 Å². The summed E-state index contributed by atoms with van der Waals surface area (Å²) in [5.41, 5.74) is 1.10. The first-order valence-corrected chi connectivity index (χ1v) is 8.61. The molecule has 22 heavy (non-hydrogen) atoms. The average molecular weight is 320 g/mol. The molecule has 116 valence electrons. The summed E-state index contributed by atoms with van der Waals surface area (Å²) in [5, 5.41) is 7.76. The topological polar surface area (TPSA) is 52.0 Å². The Morgan fingerprint density at radius 2 is 2.18 bits per heavy atom. The molecule has 0 amide bonds. The quantitative estimate of drug-likeness (QED) is 0.678. The van der Waals surface area contributed by atoms with Crippen LogP contribution in [-0.4, -0.2) is 40.3 Å². The summed E-state index contributed by atoms with van der Waals surface area (Å²) < 4.78 is 21.5. The number of hydrogen-bond donors (Lipinski definition) is 1. The van der Waals surface area contributed by atoms with Gasteiger partial charge < -0.3 is 10.1 Å². The van der Waals surface area contributed by atoms with Crippen LogP contribution >= 0.6 is 11.8 Å².